The molecule has 0 aliphatic heterocycles. The highest BCUT2D eigenvalue weighted by Crippen LogP contribution is 2.28. The van der Waals surface area contributed by atoms with Gasteiger partial charge in [-0.05, 0) is 80.5 Å². The second kappa shape index (κ2) is 9.51. The number of aryl methyl sites for hydroxylation is 1. The van der Waals surface area contributed by atoms with E-state index in [1.54, 1.807) is 24.3 Å². The molecule has 1 saturated carbocycles. The summed E-state index contributed by atoms with van der Waals surface area (Å²) in [6, 6.07) is 14.4. The lowest BCUT2D eigenvalue weighted by molar-refractivity contribution is 0.0940. The molecule has 2 aromatic rings. The summed E-state index contributed by atoms with van der Waals surface area (Å²) in [4.78, 5) is 24.8. The van der Waals surface area contributed by atoms with Crippen LogP contribution in [0.3, 0.4) is 0 Å². The molecule has 2 atom stereocenters. The summed E-state index contributed by atoms with van der Waals surface area (Å²) in [7, 11) is 0. The van der Waals surface area contributed by atoms with Gasteiger partial charge in [-0.25, -0.2) is 0 Å². The van der Waals surface area contributed by atoms with E-state index in [9.17, 15) is 9.59 Å². The van der Waals surface area contributed by atoms with E-state index in [0.717, 1.165) is 24.9 Å². The van der Waals surface area contributed by atoms with E-state index in [4.69, 9.17) is 5.73 Å². The van der Waals surface area contributed by atoms with Crippen LogP contribution >= 0.6 is 0 Å². The van der Waals surface area contributed by atoms with Gasteiger partial charge in [0.25, 0.3) is 11.8 Å². The van der Waals surface area contributed by atoms with Crippen molar-refractivity contribution in [1.82, 2.24) is 5.32 Å². The molecule has 1 aliphatic carbocycles. The Bertz CT molecular complexity index is 820. The Morgan fingerprint density at radius 1 is 1.00 bits per heavy atom. The number of anilines is 1. The lowest BCUT2D eigenvalue weighted by Crippen LogP contribution is -2.33. The van der Waals surface area contributed by atoms with Crippen LogP contribution in [0.2, 0.25) is 0 Å². The molecule has 2 aromatic carbocycles. The minimum Gasteiger partial charge on any atom is -0.352 e. The van der Waals surface area contributed by atoms with Gasteiger partial charge < -0.3 is 16.4 Å². The number of hydrogen-bond acceptors (Lipinski definition) is 3. The maximum absolute atomic E-state index is 12.5. The number of carbonyl (C=O) groups excluding carboxylic acids is 2. The molecule has 0 spiro atoms. The van der Waals surface area contributed by atoms with Crippen molar-refractivity contribution in [3.05, 3.63) is 65.2 Å². The number of amides is 2. The van der Waals surface area contributed by atoms with Gasteiger partial charge in [-0.15, -0.1) is 0 Å². The van der Waals surface area contributed by atoms with Gasteiger partial charge in [-0.1, -0.05) is 24.6 Å². The zero-order chi connectivity index (χ0) is 19.9. The Labute approximate surface area is 166 Å². The third-order valence-electron chi connectivity index (χ3n) is 5.55. The molecule has 1 fully saturated rings. The van der Waals surface area contributed by atoms with E-state index in [0.29, 0.717) is 35.2 Å². The molecule has 5 heteroatoms. The Morgan fingerprint density at radius 2 is 1.75 bits per heavy atom. The smallest absolute Gasteiger partial charge is 0.255 e. The zero-order valence-electron chi connectivity index (χ0n) is 16.4. The van der Waals surface area contributed by atoms with Gasteiger partial charge in [0.1, 0.15) is 0 Å². The normalized spacial score (nSPS) is 19.1. The molecule has 3 rings (SSSR count). The number of rotatable bonds is 6. The van der Waals surface area contributed by atoms with Crippen LogP contribution in [0.1, 0.15) is 52.0 Å². The highest BCUT2D eigenvalue weighted by molar-refractivity contribution is 6.05. The van der Waals surface area contributed by atoms with Crippen molar-refractivity contribution in [2.75, 3.05) is 18.4 Å². The average molecular weight is 380 g/mol. The van der Waals surface area contributed by atoms with Gasteiger partial charge >= 0.3 is 0 Å². The number of hydrogen-bond donors (Lipinski definition) is 3. The first-order chi connectivity index (χ1) is 13.6. The fraction of sp³-hybridized carbons (Fsp3) is 0.391. The highest BCUT2D eigenvalue weighted by Gasteiger charge is 2.21. The minimum atomic E-state index is -0.160. The zero-order valence-corrected chi connectivity index (χ0v) is 16.4. The largest absolute Gasteiger partial charge is 0.352 e. The van der Waals surface area contributed by atoms with Gasteiger partial charge in [0.2, 0.25) is 0 Å². The summed E-state index contributed by atoms with van der Waals surface area (Å²) in [6.07, 6.45) is 4.65. The monoisotopic (exact) mass is 379 g/mol. The molecule has 2 unspecified atom stereocenters. The van der Waals surface area contributed by atoms with Crippen molar-refractivity contribution < 1.29 is 9.59 Å². The summed E-state index contributed by atoms with van der Waals surface area (Å²) in [5.41, 5.74) is 8.58. The Balaban J connectivity index is 1.57. The van der Waals surface area contributed by atoms with Crippen LogP contribution in [0, 0.1) is 18.8 Å². The lowest BCUT2D eigenvalue weighted by Gasteiger charge is -2.28. The van der Waals surface area contributed by atoms with Crippen molar-refractivity contribution in [1.29, 1.82) is 0 Å². The molecule has 0 radical (unpaired) electrons. The molecular formula is C23H29N3O2. The van der Waals surface area contributed by atoms with Crippen LogP contribution in [-0.2, 0) is 0 Å². The molecule has 28 heavy (non-hydrogen) atoms. The van der Waals surface area contributed by atoms with Crippen molar-refractivity contribution in [3.8, 4) is 0 Å². The number of carbonyl (C=O) groups is 2. The second-order valence-electron chi connectivity index (χ2n) is 7.69. The van der Waals surface area contributed by atoms with Gasteiger partial charge in [0.05, 0.1) is 0 Å². The topological polar surface area (TPSA) is 84.2 Å². The molecule has 4 N–H and O–H groups in total. The van der Waals surface area contributed by atoms with E-state index >= 15 is 0 Å². The maximum Gasteiger partial charge on any atom is 0.255 e. The fourth-order valence-electron chi connectivity index (χ4n) is 3.87. The fourth-order valence-corrected chi connectivity index (χ4v) is 3.87. The predicted molar refractivity (Wildman–Crippen MR) is 112 cm³/mol. The van der Waals surface area contributed by atoms with E-state index < -0.39 is 0 Å². The van der Waals surface area contributed by atoms with Gasteiger partial charge in [-0.3, -0.25) is 9.59 Å². The molecule has 5 nitrogen and oxygen atoms in total. The first kappa shape index (κ1) is 20.1. The Hall–Kier alpha value is -2.66. The van der Waals surface area contributed by atoms with Crippen LogP contribution in [0.15, 0.2) is 48.5 Å². The van der Waals surface area contributed by atoms with Crippen molar-refractivity contribution in [2.24, 2.45) is 17.6 Å². The van der Waals surface area contributed by atoms with Crippen molar-refractivity contribution >= 4 is 17.5 Å². The van der Waals surface area contributed by atoms with Gasteiger partial charge in [0, 0.05) is 23.4 Å². The van der Waals surface area contributed by atoms with E-state index in [1.807, 2.05) is 31.2 Å². The summed E-state index contributed by atoms with van der Waals surface area (Å²) in [6.45, 7) is 3.32. The van der Waals surface area contributed by atoms with Crippen LogP contribution < -0.4 is 16.4 Å². The Kier molecular flexibility index (Phi) is 6.82. The summed E-state index contributed by atoms with van der Waals surface area (Å²) in [5, 5.41) is 5.96. The standard InChI is InChI=1S/C23H29N3O2/c1-16-12-20(22(27)25-15-18-7-5-6-17(13-18)14-24)10-11-21(16)26-23(28)19-8-3-2-4-9-19/h2-4,8-12,17-18H,5-7,13-15,24H2,1H3,(H,25,27)(H,26,28). The van der Waals surface area contributed by atoms with E-state index in [1.165, 1.54) is 12.8 Å². The third kappa shape index (κ3) is 5.20. The average Bonchev–Trinajstić information content (AvgIpc) is 2.74. The molecule has 148 valence electrons. The first-order valence-electron chi connectivity index (χ1n) is 10.0. The molecule has 2 amide bonds. The van der Waals surface area contributed by atoms with Crippen LogP contribution in [-0.4, -0.2) is 24.9 Å². The van der Waals surface area contributed by atoms with E-state index in [2.05, 4.69) is 10.6 Å². The number of nitrogens with two attached hydrogens (primary N) is 1. The highest BCUT2D eigenvalue weighted by atomic mass is 16.2. The van der Waals surface area contributed by atoms with Crippen LogP contribution in [0.5, 0.6) is 0 Å². The summed E-state index contributed by atoms with van der Waals surface area (Å²) >= 11 is 0. The number of benzene rings is 2. The molecule has 0 saturated heterocycles. The lowest BCUT2D eigenvalue weighted by atomic mass is 9.81. The van der Waals surface area contributed by atoms with Crippen LogP contribution in [0.25, 0.3) is 0 Å². The summed E-state index contributed by atoms with van der Waals surface area (Å²) in [5.74, 6) is 0.869. The third-order valence-corrected chi connectivity index (χ3v) is 5.55. The number of nitrogens with one attached hydrogen (secondary N) is 2. The maximum atomic E-state index is 12.5. The quantitative estimate of drug-likeness (QED) is 0.715. The minimum absolute atomic E-state index is 0.0705. The van der Waals surface area contributed by atoms with Gasteiger partial charge in [0.15, 0.2) is 0 Å². The van der Waals surface area contributed by atoms with Gasteiger partial charge in [-0.2, -0.15) is 0 Å². The van der Waals surface area contributed by atoms with Crippen molar-refractivity contribution in [3.63, 3.8) is 0 Å². The summed E-state index contributed by atoms with van der Waals surface area (Å²) < 4.78 is 0. The molecule has 0 bridgehead atoms. The Morgan fingerprint density at radius 3 is 2.46 bits per heavy atom. The van der Waals surface area contributed by atoms with Crippen LogP contribution in [0.4, 0.5) is 5.69 Å². The second-order valence-corrected chi connectivity index (χ2v) is 7.69. The predicted octanol–water partition coefficient (Wildman–Crippen LogP) is 3.74. The molecular weight excluding hydrogens is 350 g/mol. The van der Waals surface area contributed by atoms with Crippen molar-refractivity contribution in [2.45, 2.75) is 32.6 Å². The molecule has 0 aromatic heterocycles. The first-order valence-corrected chi connectivity index (χ1v) is 10.0. The van der Waals surface area contributed by atoms with E-state index in [-0.39, 0.29) is 11.8 Å². The molecule has 1 aliphatic rings. The SMILES string of the molecule is Cc1cc(C(=O)NCC2CCCC(CN)C2)ccc1NC(=O)c1ccccc1. The molecule has 0 heterocycles.